The van der Waals surface area contributed by atoms with Gasteiger partial charge in [0.2, 0.25) is 5.91 Å². The summed E-state index contributed by atoms with van der Waals surface area (Å²) in [7, 11) is 0. The molecule has 1 aliphatic carbocycles. The standard InChI is InChI=1S/C22H21F3N2O2/c1-11(28)10-26-22(29)14-6-13(7-14)19-17-8-16(24)9-18(25)21(17)27-20(19)12-2-4-15(23)5-3-12/h2-5,8-9,11,13-14,27-28H,6-7,10H2,1H3,(H,26,29)/t11-,13-,14+/m1/s1. The molecule has 3 aromatic rings. The highest BCUT2D eigenvalue weighted by Crippen LogP contribution is 2.48. The molecular weight excluding hydrogens is 381 g/mol. The number of rotatable bonds is 5. The number of aromatic nitrogens is 1. The van der Waals surface area contributed by atoms with Crippen molar-refractivity contribution in [1.82, 2.24) is 10.3 Å². The molecule has 1 aromatic heterocycles. The second-order valence-corrected chi connectivity index (χ2v) is 7.69. The van der Waals surface area contributed by atoms with Gasteiger partial charge >= 0.3 is 0 Å². The van der Waals surface area contributed by atoms with Gasteiger partial charge in [0.1, 0.15) is 17.5 Å². The van der Waals surface area contributed by atoms with Crippen LogP contribution in [0.4, 0.5) is 13.2 Å². The van der Waals surface area contributed by atoms with Crippen molar-refractivity contribution in [3.05, 3.63) is 59.4 Å². The summed E-state index contributed by atoms with van der Waals surface area (Å²) >= 11 is 0. The SMILES string of the molecule is C[C@@H](O)CNC(=O)[C@H]1C[C@@H](c2c(-c3ccc(F)cc3)[nH]c3c(F)cc(F)cc32)C1. The molecule has 1 amide bonds. The van der Waals surface area contributed by atoms with E-state index in [-0.39, 0.29) is 35.6 Å². The predicted octanol–water partition coefficient (Wildman–Crippen LogP) is 4.24. The number of amides is 1. The van der Waals surface area contributed by atoms with E-state index in [0.717, 1.165) is 11.6 Å². The van der Waals surface area contributed by atoms with Crippen molar-refractivity contribution in [1.29, 1.82) is 0 Å². The molecule has 7 heteroatoms. The first-order valence-corrected chi connectivity index (χ1v) is 9.55. The third-order valence-corrected chi connectivity index (χ3v) is 5.49. The Balaban J connectivity index is 1.69. The van der Waals surface area contributed by atoms with Crippen LogP contribution in [-0.2, 0) is 4.79 Å². The molecule has 0 spiro atoms. The lowest BCUT2D eigenvalue weighted by Gasteiger charge is -2.35. The predicted molar refractivity (Wildman–Crippen MR) is 104 cm³/mol. The highest BCUT2D eigenvalue weighted by Gasteiger charge is 2.38. The number of carbonyl (C=O) groups is 1. The summed E-state index contributed by atoms with van der Waals surface area (Å²) in [6.07, 6.45) is 0.440. The van der Waals surface area contributed by atoms with Crippen LogP contribution in [0.5, 0.6) is 0 Å². The highest BCUT2D eigenvalue weighted by molar-refractivity contribution is 5.92. The monoisotopic (exact) mass is 402 g/mol. The summed E-state index contributed by atoms with van der Waals surface area (Å²) in [5.74, 6) is -2.17. The molecule has 29 heavy (non-hydrogen) atoms. The largest absolute Gasteiger partial charge is 0.392 e. The molecule has 3 N–H and O–H groups in total. The first-order valence-electron chi connectivity index (χ1n) is 9.55. The summed E-state index contributed by atoms with van der Waals surface area (Å²) in [5.41, 5.74) is 2.21. The molecule has 1 fully saturated rings. The van der Waals surface area contributed by atoms with E-state index in [0.29, 0.717) is 29.5 Å². The van der Waals surface area contributed by atoms with Crippen LogP contribution in [0.25, 0.3) is 22.2 Å². The zero-order valence-corrected chi connectivity index (χ0v) is 15.8. The van der Waals surface area contributed by atoms with Gasteiger partial charge in [0.15, 0.2) is 0 Å². The van der Waals surface area contributed by atoms with Gasteiger partial charge in [-0.25, -0.2) is 13.2 Å². The van der Waals surface area contributed by atoms with Crippen LogP contribution in [-0.4, -0.2) is 28.6 Å². The summed E-state index contributed by atoms with van der Waals surface area (Å²) < 4.78 is 41.6. The molecule has 0 radical (unpaired) electrons. The average Bonchev–Trinajstić information content (AvgIpc) is 2.99. The van der Waals surface area contributed by atoms with Gasteiger partial charge in [0.25, 0.3) is 0 Å². The lowest BCUT2D eigenvalue weighted by atomic mass is 9.70. The van der Waals surface area contributed by atoms with E-state index in [1.165, 1.54) is 18.2 Å². The second kappa shape index (κ2) is 7.55. The molecule has 0 bridgehead atoms. The van der Waals surface area contributed by atoms with E-state index in [4.69, 9.17) is 0 Å². The normalized spacial score (nSPS) is 19.8. The maximum Gasteiger partial charge on any atom is 0.223 e. The number of hydrogen-bond donors (Lipinski definition) is 3. The number of H-pyrrole nitrogens is 1. The maximum atomic E-state index is 14.4. The maximum absolute atomic E-state index is 14.4. The number of aromatic amines is 1. The second-order valence-electron chi connectivity index (χ2n) is 7.69. The number of carbonyl (C=O) groups excluding carboxylic acids is 1. The summed E-state index contributed by atoms with van der Waals surface area (Å²) in [4.78, 5) is 15.2. The third-order valence-electron chi connectivity index (χ3n) is 5.49. The Bertz CT molecular complexity index is 1050. The van der Waals surface area contributed by atoms with Crippen molar-refractivity contribution >= 4 is 16.8 Å². The fraction of sp³-hybridized carbons (Fsp3) is 0.318. The van der Waals surface area contributed by atoms with Crippen LogP contribution in [0.2, 0.25) is 0 Å². The van der Waals surface area contributed by atoms with Crippen molar-refractivity contribution in [2.24, 2.45) is 5.92 Å². The Hall–Kier alpha value is -2.80. The Kier molecular flexibility index (Phi) is 5.08. The molecular formula is C22H21F3N2O2. The smallest absolute Gasteiger partial charge is 0.223 e. The van der Waals surface area contributed by atoms with E-state index in [1.807, 2.05) is 0 Å². The Morgan fingerprint density at radius 3 is 2.52 bits per heavy atom. The molecule has 1 atom stereocenters. The molecule has 152 valence electrons. The first-order chi connectivity index (χ1) is 13.8. The molecule has 4 nitrogen and oxygen atoms in total. The Labute approximate surface area is 165 Å². The number of aliphatic hydroxyl groups is 1. The van der Waals surface area contributed by atoms with E-state index >= 15 is 0 Å². The first kappa shape index (κ1) is 19.5. The average molecular weight is 402 g/mol. The van der Waals surface area contributed by atoms with Crippen molar-refractivity contribution in [3.8, 4) is 11.3 Å². The summed E-state index contributed by atoms with van der Waals surface area (Å²) in [6.45, 7) is 1.78. The van der Waals surface area contributed by atoms with Gasteiger partial charge in [0, 0.05) is 23.9 Å². The molecule has 4 rings (SSSR count). The van der Waals surface area contributed by atoms with Gasteiger partial charge in [-0.15, -0.1) is 0 Å². The molecule has 2 aromatic carbocycles. The van der Waals surface area contributed by atoms with Crippen LogP contribution in [0.15, 0.2) is 36.4 Å². The van der Waals surface area contributed by atoms with Gasteiger partial charge in [0.05, 0.1) is 17.3 Å². The minimum absolute atomic E-state index is 0.0627. The Morgan fingerprint density at radius 1 is 1.17 bits per heavy atom. The van der Waals surface area contributed by atoms with E-state index in [1.54, 1.807) is 19.1 Å². The topological polar surface area (TPSA) is 65.1 Å². The molecule has 1 saturated carbocycles. The van der Waals surface area contributed by atoms with Gasteiger partial charge < -0.3 is 15.4 Å². The zero-order chi connectivity index (χ0) is 20.7. The van der Waals surface area contributed by atoms with Crippen molar-refractivity contribution < 1.29 is 23.1 Å². The molecule has 0 saturated heterocycles. The number of aliphatic hydroxyl groups excluding tert-OH is 1. The fourth-order valence-corrected chi connectivity index (χ4v) is 3.97. The minimum Gasteiger partial charge on any atom is -0.392 e. The van der Waals surface area contributed by atoms with E-state index in [9.17, 15) is 23.1 Å². The number of hydrogen-bond acceptors (Lipinski definition) is 2. The third kappa shape index (κ3) is 3.74. The fourth-order valence-electron chi connectivity index (χ4n) is 3.97. The molecule has 0 aliphatic heterocycles. The quantitative estimate of drug-likeness (QED) is 0.598. The lowest BCUT2D eigenvalue weighted by Crippen LogP contribution is -2.40. The lowest BCUT2D eigenvalue weighted by molar-refractivity contribution is -0.128. The van der Waals surface area contributed by atoms with Gasteiger partial charge in [-0.05, 0) is 67.1 Å². The number of fused-ring (bicyclic) bond motifs is 1. The minimum atomic E-state index is -0.694. The van der Waals surface area contributed by atoms with Crippen LogP contribution in [0.1, 0.15) is 31.2 Å². The van der Waals surface area contributed by atoms with Crippen LogP contribution in [0, 0.1) is 23.4 Å². The van der Waals surface area contributed by atoms with Crippen molar-refractivity contribution in [2.45, 2.75) is 31.8 Å². The summed E-state index contributed by atoms with van der Waals surface area (Å²) in [5, 5.41) is 12.5. The van der Waals surface area contributed by atoms with Crippen LogP contribution < -0.4 is 5.32 Å². The van der Waals surface area contributed by atoms with Gasteiger partial charge in [-0.3, -0.25) is 4.79 Å². The van der Waals surface area contributed by atoms with E-state index in [2.05, 4.69) is 10.3 Å². The number of benzene rings is 2. The van der Waals surface area contributed by atoms with Crippen molar-refractivity contribution in [3.63, 3.8) is 0 Å². The zero-order valence-electron chi connectivity index (χ0n) is 15.8. The molecule has 0 unspecified atom stereocenters. The van der Waals surface area contributed by atoms with Gasteiger partial charge in [-0.1, -0.05) is 0 Å². The number of nitrogens with one attached hydrogen (secondary N) is 2. The molecule has 1 heterocycles. The van der Waals surface area contributed by atoms with Gasteiger partial charge in [-0.2, -0.15) is 0 Å². The number of halogens is 3. The summed E-state index contributed by atoms with van der Waals surface area (Å²) in [6, 6.07) is 7.91. The van der Waals surface area contributed by atoms with Crippen LogP contribution >= 0.6 is 0 Å². The Morgan fingerprint density at radius 2 is 1.86 bits per heavy atom. The highest BCUT2D eigenvalue weighted by atomic mass is 19.1. The van der Waals surface area contributed by atoms with Crippen molar-refractivity contribution in [2.75, 3.05) is 6.54 Å². The van der Waals surface area contributed by atoms with E-state index < -0.39 is 17.7 Å². The van der Waals surface area contributed by atoms with Crippen LogP contribution in [0.3, 0.4) is 0 Å². The molecule has 1 aliphatic rings.